The molecule has 1 aromatic heterocycles. The molecule has 1 heterocycles. The van der Waals surface area contributed by atoms with E-state index in [0.29, 0.717) is 27.1 Å². The fourth-order valence-corrected chi connectivity index (χ4v) is 2.63. The highest BCUT2D eigenvalue weighted by Gasteiger charge is 2.11. The van der Waals surface area contributed by atoms with Crippen molar-refractivity contribution in [2.75, 3.05) is 5.75 Å². The molecular formula is C13H10Cl2O2S. The first-order valence-electron chi connectivity index (χ1n) is 5.25. The van der Waals surface area contributed by atoms with Crippen molar-refractivity contribution in [3.05, 3.63) is 58.0 Å². The van der Waals surface area contributed by atoms with Gasteiger partial charge in [-0.1, -0.05) is 23.2 Å². The minimum atomic E-state index is -0.0287. The quantitative estimate of drug-likeness (QED) is 0.750. The molecule has 0 N–H and O–H groups in total. The molecule has 0 bridgehead atoms. The van der Waals surface area contributed by atoms with E-state index in [-0.39, 0.29) is 5.78 Å². The van der Waals surface area contributed by atoms with E-state index < -0.39 is 0 Å². The van der Waals surface area contributed by atoms with Gasteiger partial charge in [0.1, 0.15) is 5.76 Å². The van der Waals surface area contributed by atoms with Gasteiger partial charge in [0.05, 0.1) is 22.8 Å². The van der Waals surface area contributed by atoms with Crippen LogP contribution in [0.4, 0.5) is 0 Å². The average molecular weight is 301 g/mol. The van der Waals surface area contributed by atoms with E-state index in [0.717, 1.165) is 5.76 Å². The lowest BCUT2D eigenvalue weighted by Crippen LogP contribution is -2.03. The van der Waals surface area contributed by atoms with Crippen LogP contribution in [0.1, 0.15) is 16.1 Å². The van der Waals surface area contributed by atoms with Crippen molar-refractivity contribution in [3.63, 3.8) is 0 Å². The van der Waals surface area contributed by atoms with Gasteiger partial charge in [0.25, 0.3) is 0 Å². The molecule has 0 saturated heterocycles. The largest absolute Gasteiger partial charge is 0.468 e. The van der Waals surface area contributed by atoms with Crippen LogP contribution in [0.15, 0.2) is 41.0 Å². The summed E-state index contributed by atoms with van der Waals surface area (Å²) in [4.78, 5) is 12.0. The Bertz CT molecular complexity index is 538. The number of thioether (sulfide) groups is 1. The van der Waals surface area contributed by atoms with Gasteiger partial charge in [-0.15, -0.1) is 11.8 Å². The van der Waals surface area contributed by atoms with Crippen molar-refractivity contribution >= 4 is 40.7 Å². The summed E-state index contributed by atoms with van der Waals surface area (Å²) in [6, 6.07) is 8.60. The van der Waals surface area contributed by atoms with Gasteiger partial charge in [-0.3, -0.25) is 4.79 Å². The van der Waals surface area contributed by atoms with E-state index in [1.165, 1.54) is 11.8 Å². The molecule has 0 spiro atoms. The third-order valence-corrected chi connectivity index (χ3v) is 3.81. The number of halogens is 2. The molecule has 0 aliphatic rings. The summed E-state index contributed by atoms with van der Waals surface area (Å²) < 4.78 is 5.18. The highest BCUT2D eigenvalue weighted by Crippen LogP contribution is 2.23. The fraction of sp³-hybridized carbons (Fsp3) is 0.154. The predicted molar refractivity (Wildman–Crippen MR) is 75.7 cm³/mol. The summed E-state index contributed by atoms with van der Waals surface area (Å²) in [7, 11) is 0. The first-order chi connectivity index (χ1) is 8.66. The molecule has 94 valence electrons. The van der Waals surface area contributed by atoms with Gasteiger partial charge in [0, 0.05) is 10.6 Å². The first kappa shape index (κ1) is 13.5. The van der Waals surface area contributed by atoms with Crippen LogP contribution < -0.4 is 0 Å². The first-order valence-corrected chi connectivity index (χ1v) is 7.16. The molecule has 0 radical (unpaired) electrons. The summed E-state index contributed by atoms with van der Waals surface area (Å²) >= 11 is 13.3. The van der Waals surface area contributed by atoms with E-state index in [4.69, 9.17) is 27.6 Å². The average Bonchev–Trinajstić information content (AvgIpc) is 2.85. The lowest BCUT2D eigenvalue weighted by Gasteiger charge is -2.03. The molecule has 0 unspecified atom stereocenters. The number of Topliss-reactive ketones (excluding diaryl/α,β-unsaturated/α-hetero) is 1. The normalized spacial score (nSPS) is 10.6. The standard InChI is InChI=1S/C13H10Cl2O2S/c14-9-3-4-12(15)11(6-9)13(16)8-18-7-10-2-1-5-17-10/h1-6H,7-8H2. The monoisotopic (exact) mass is 300 g/mol. The van der Waals surface area contributed by atoms with E-state index in [9.17, 15) is 4.79 Å². The molecule has 0 atom stereocenters. The summed E-state index contributed by atoms with van der Waals surface area (Å²) in [5.74, 6) is 1.83. The minimum absolute atomic E-state index is 0.0287. The number of carbonyl (C=O) groups is 1. The molecule has 2 aromatic rings. The van der Waals surface area contributed by atoms with Gasteiger partial charge >= 0.3 is 0 Å². The Labute approximate surface area is 119 Å². The Balaban J connectivity index is 1.93. The summed E-state index contributed by atoms with van der Waals surface area (Å²) in [6.07, 6.45) is 1.62. The number of furan rings is 1. The molecule has 0 saturated carbocycles. The Morgan fingerprint density at radius 3 is 2.83 bits per heavy atom. The third-order valence-electron chi connectivity index (χ3n) is 2.29. The highest BCUT2D eigenvalue weighted by molar-refractivity contribution is 7.99. The lowest BCUT2D eigenvalue weighted by molar-refractivity contribution is 0.102. The number of hydrogen-bond acceptors (Lipinski definition) is 3. The zero-order valence-electron chi connectivity index (χ0n) is 9.36. The maximum atomic E-state index is 12.0. The Kier molecular flexibility index (Phi) is 4.75. The van der Waals surface area contributed by atoms with Crippen LogP contribution in [0.3, 0.4) is 0 Å². The lowest BCUT2D eigenvalue weighted by atomic mass is 10.1. The SMILES string of the molecule is O=C(CSCc1ccco1)c1cc(Cl)ccc1Cl. The molecular weight excluding hydrogens is 291 g/mol. The molecule has 5 heteroatoms. The fourth-order valence-electron chi connectivity index (χ4n) is 1.43. The van der Waals surface area contributed by atoms with Crippen LogP contribution in [0.5, 0.6) is 0 Å². The van der Waals surface area contributed by atoms with E-state index in [2.05, 4.69) is 0 Å². The second kappa shape index (κ2) is 6.32. The van der Waals surface area contributed by atoms with Gasteiger partial charge in [-0.2, -0.15) is 0 Å². The van der Waals surface area contributed by atoms with Crippen molar-refractivity contribution in [2.45, 2.75) is 5.75 Å². The third kappa shape index (κ3) is 3.55. The predicted octanol–water partition coefficient (Wildman–Crippen LogP) is 4.70. The van der Waals surface area contributed by atoms with Gasteiger partial charge in [0.2, 0.25) is 0 Å². The Morgan fingerprint density at radius 1 is 1.28 bits per heavy atom. The van der Waals surface area contributed by atoms with Gasteiger partial charge < -0.3 is 4.42 Å². The molecule has 0 aliphatic heterocycles. The van der Waals surface area contributed by atoms with Gasteiger partial charge in [0.15, 0.2) is 5.78 Å². The number of benzene rings is 1. The van der Waals surface area contributed by atoms with Gasteiger partial charge in [-0.25, -0.2) is 0 Å². The van der Waals surface area contributed by atoms with Crippen LogP contribution in [-0.2, 0) is 5.75 Å². The van der Waals surface area contributed by atoms with Crippen molar-refractivity contribution in [2.24, 2.45) is 0 Å². The number of ketones is 1. The second-order valence-corrected chi connectivity index (χ2v) is 5.45. The smallest absolute Gasteiger partial charge is 0.174 e. The van der Waals surface area contributed by atoms with Gasteiger partial charge in [-0.05, 0) is 30.3 Å². The second-order valence-electron chi connectivity index (χ2n) is 3.62. The molecule has 0 amide bonds. The zero-order chi connectivity index (χ0) is 13.0. The maximum Gasteiger partial charge on any atom is 0.174 e. The maximum absolute atomic E-state index is 12.0. The minimum Gasteiger partial charge on any atom is -0.468 e. The number of carbonyl (C=O) groups excluding carboxylic acids is 1. The summed E-state index contributed by atoms with van der Waals surface area (Å²) in [6.45, 7) is 0. The van der Waals surface area contributed by atoms with Crippen LogP contribution >= 0.6 is 35.0 Å². The van der Waals surface area contributed by atoms with Crippen LogP contribution in [0, 0.1) is 0 Å². The van der Waals surface area contributed by atoms with E-state index in [1.807, 2.05) is 12.1 Å². The van der Waals surface area contributed by atoms with Crippen LogP contribution in [0.25, 0.3) is 0 Å². The number of hydrogen-bond donors (Lipinski definition) is 0. The van der Waals surface area contributed by atoms with Crippen molar-refractivity contribution < 1.29 is 9.21 Å². The Hall–Kier alpha value is -0.900. The van der Waals surface area contributed by atoms with Crippen molar-refractivity contribution in [1.82, 2.24) is 0 Å². The summed E-state index contributed by atoms with van der Waals surface area (Å²) in [5.41, 5.74) is 0.469. The van der Waals surface area contributed by atoms with E-state index in [1.54, 1.807) is 24.5 Å². The molecule has 2 rings (SSSR count). The summed E-state index contributed by atoms with van der Waals surface area (Å²) in [5, 5.41) is 0.946. The topological polar surface area (TPSA) is 30.2 Å². The molecule has 18 heavy (non-hydrogen) atoms. The van der Waals surface area contributed by atoms with Crippen molar-refractivity contribution in [1.29, 1.82) is 0 Å². The number of rotatable bonds is 5. The molecule has 0 aliphatic carbocycles. The van der Waals surface area contributed by atoms with Crippen LogP contribution in [-0.4, -0.2) is 11.5 Å². The van der Waals surface area contributed by atoms with E-state index >= 15 is 0 Å². The molecule has 1 aromatic carbocycles. The molecule has 0 fully saturated rings. The Morgan fingerprint density at radius 2 is 2.11 bits per heavy atom. The molecule has 2 nitrogen and oxygen atoms in total. The van der Waals surface area contributed by atoms with Crippen molar-refractivity contribution in [3.8, 4) is 0 Å². The zero-order valence-corrected chi connectivity index (χ0v) is 11.7. The van der Waals surface area contributed by atoms with Crippen LogP contribution in [0.2, 0.25) is 10.0 Å². The highest BCUT2D eigenvalue weighted by atomic mass is 35.5.